The molecule has 2 aromatic carbocycles. The molecule has 0 aliphatic rings. The Kier molecular flexibility index (Phi) is 7.41. The molecule has 0 amide bonds. The van der Waals surface area contributed by atoms with Crippen LogP contribution >= 0.6 is 12.2 Å². The van der Waals surface area contributed by atoms with Gasteiger partial charge >= 0.3 is 5.97 Å². The Bertz CT molecular complexity index is 750. The second kappa shape index (κ2) is 9.77. The molecule has 138 valence electrons. The molecule has 2 rings (SSSR count). The van der Waals surface area contributed by atoms with Crippen molar-refractivity contribution in [3.63, 3.8) is 0 Å². The van der Waals surface area contributed by atoms with Crippen LogP contribution in [0, 0.1) is 6.92 Å². The highest BCUT2D eigenvalue weighted by atomic mass is 32.1. The quantitative estimate of drug-likeness (QED) is 0.567. The number of carbonyl (C=O) groups excluding carboxylic acids is 1. The Balaban J connectivity index is 1.85. The lowest BCUT2D eigenvalue weighted by atomic mass is 10.1. The fourth-order valence-corrected chi connectivity index (χ4v) is 2.62. The van der Waals surface area contributed by atoms with Gasteiger partial charge in [-0.15, -0.1) is 0 Å². The van der Waals surface area contributed by atoms with Gasteiger partial charge in [0.05, 0.1) is 18.2 Å². The van der Waals surface area contributed by atoms with E-state index in [1.54, 1.807) is 19.1 Å². The lowest BCUT2D eigenvalue weighted by Crippen LogP contribution is -2.39. The predicted molar refractivity (Wildman–Crippen MR) is 108 cm³/mol. The van der Waals surface area contributed by atoms with Gasteiger partial charge in [0.15, 0.2) is 5.11 Å². The fourth-order valence-electron chi connectivity index (χ4n) is 2.31. The van der Waals surface area contributed by atoms with Crippen LogP contribution in [0.3, 0.4) is 0 Å². The molecular weight excluding hydrogens is 348 g/mol. The Morgan fingerprint density at radius 2 is 1.92 bits per heavy atom. The first-order valence-electron chi connectivity index (χ1n) is 8.52. The summed E-state index contributed by atoms with van der Waals surface area (Å²) in [5.41, 5.74) is 2.28. The maximum Gasteiger partial charge on any atom is 0.338 e. The van der Waals surface area contributed by atoms with Crippen molar-refractivity contribution < 1.29 is 14.3 Å². The summed E-state index contributed by atoms with van der Waals surface area (Å²) in [7, 11) is 0. The van der Waals surface area contributed by atoms with E-state index in [9.17, 15) is 4.79 Å². The Morgan fingerprint density at radius 1 is 1.19 bits per heavy atom. The van der Waals surface area contributed by atoms with Gasteiger partial charge in [-0.3, -0.25) is 0 Å². The Morgan fingerprint density at radius 3 is 2.58 bits per heavy atom. The maximum atomic E-state index is 11.8. The second-order valence-electron chi connectivity index (χ2n) is 5.87. The molecule has 0 radical (unpaired) electrons. The zero-order valence-electron chi connectivity index (χ0n) is 15.2. The van der Waals surface area contributed by atoms with Crippen LogP contribution in [-0.4, -0.2) is 30.3 Å². The van der Waals surface area contributed by atoms with E-state index in [-0.39, 0.29) is 12.0 Å². The number of anilines is 1. The van der Waals surface area contributed by atoms with Gasteiger partial charge in [0.2, 0.25) is 0 Å². The standard InChI is InChI=1S/C20H24N2O3S/c1-4-24-19(23)16-10-11-18(14(2)12-16)22-20(26)21-15(3)13-25-17-8-6-5-7-9-17/h5-12,15H,4,13H2,1-3H3,(H2,21,22,26)/t15-/m0/s1. The average molecular weight is 372 g/mol. The van der Waals surface area contributed by atoms with Crippen molar-refractivity contribution in [2.45, 2.75) is 26.8 Å². The molecule has 2 N–H and O–H groups in total. The topological polar surface area (TPSA) is 59.6 Å². The molecule has 1 atom stereocenters. The van der Waals surface area contributed by atoms with E-state index in [0.29, 0.717) is 23.9 Å². The van der Waals surface area contributed by atoms with Crippen molar-refractivity contribution in [3.8, 4) is 5.75 Å². The molecule has 0 bridgehead atoms. The number of nitrogens with one attached hydrogen (secondary N) is 2. The number of thiocarbonyl (C=S) groups is 1. The van der Waals surface area contributed by atoms with Gasteiger partial charge in [-0.2, -0.15) is 0 Å². The van der Waals surface area contributed by atoms with E-state index in [4.69, 9.17) is 21.7 Å². The molecule has 0 heterocycles. The minimum Gasteiger partial charge on any atom is -0.491 e. The van der Waals surface area contributed by atoms with Crippen LogP contribution in [0.2, 0.25) is 0 Å². The number of benzene rings is 2. The fraction of sp³-hybridized carbons (Fsp3) is 0.300. The number of carbonyl (C=O) groups is 1. The molecule has 0 saturated heterocycles. The predicted octanol–water partition coefficient (Wildman–Crippen LogP) is 3.93. The van der Waals surface area contributed by atoms with Crippen molar-refractivity contribution in [2.24, 2.45) is 0 Å². The highest BCUT2D eigenvalue weighted by Gasteiger charge is 2.10. The second-order valence-corrected chi connectivity index (χ2v) is 6.28. The van der Waals surface area contributed by atoms with Crippen molar-refractivity contribution in [1.29, 1.82) is 0 Å². The van der Waals surface area contributed by atoms with Gasteiger partial charge in [-0.25, -0.2) is 4.79 Å². The average Bonchev–Trinajstić information content (AvgIpc) is 2.62. The first kappa shape index (κ1) is 19.7. The maximum absolute atomic E-state index is 11.8. The lowest BCUT2D eigenvalue weighted by molar-refractivity contribution is 0.0526. The first-order chi connectivity index (χ1) is 12.5. The van der Waals surface area contributed by atoms with E-state index in [1.165, 1.54) is 0 Å². The molecule has 0 aromatic heterocycles. The molecule has 6 heteroatoms. The number of ether oxygens (including phenoxy) is 2. The van der Waals surface area contributed by atoms with Gasteiger partial charge in [-0.05, 0) is 68.9 Å². The number of hydrogen-bond donors (Lipinski definition) is 2. The third-order valence-corrected chi connectivity index (χ3v) is 3.83. The van der Waals surface area contributed by atoms with Crippen LogP contribution < -0.4 is 15.4 Å². The smallest absolute Gasteiger partial charge is 0.338 e. The van der Waals surface area contributed by atoms with Crippen molar-refractivity contribution >= 4 is 29.0 Å². The molecule has 0 saturated carbocycles. The van der Waals surface area contributed by atoms with Crippen molar-refractivity contribution in [1.82, 2.24) is 5.32 Å². The van der Waals surface area contributed by atoms with Crippen LogP contribution in [0.1, 0.15) is 29.8 Å². The van der Waals surface area contributed by atoms with Crippen LogP contribution in [0.4, 0.5) is 5.69 Å². The monoisotopic (exact) mass is 372 g/mol. The van der Waals surface area contributed by atoms with Gasteiger partial charge < -0.3 is 20.1 Å². The molecule has 0 unspecified atom stereocenters. The highest BCUT2D eigenvalue weighted by Crippen LogP contribution is 2.17. The van der Waals surface area contributed by atoms with Gasteiger partial charge in [-0.1, -0.05) is 18.2 Å². The SMILES string of the molecule is CCOC(=O)c1ccc(NC(=S)N[C@@H](C)COc2ccccc2)c(C)c1. The minimum absolute atomic E-state index is 0.0364. The third kappa shape index (κ3) is 6.04. The summed E-state index contributed by atoms with van der Waals surface area (Å²) in [6.45, 7) is 6.54. The van der Waals surface area contributed by atoms with Crippen molar-refractivity contribution in [3.05, 3.63) is 59.7 Å². The van der Waals surface area contributed by atoms with E-state index < -0.39 is 0 Å². The molecule has 0 aliphatic carbocycles. The lowest BCUT2D eigenvalue weighted by Gasteiger charge is -2.18. The number of esters is 1. The third-order valence-electron chi connectivity index (χ3n) is 3.61. The molecular formula is C20H24N2O3S. The summed E-state index contributed by atoms with van der Waals surface area (Å²) < 4.78 is 10.7. The number of para-hydroxylation sites is 1. The summed E-state index contributed by atoms with van der Waals surface area (Å²) in [4.78, 5) is 11.8. The van der Waals surface area contributed by atoms with Gasteiger partial charge in [0.25, 0.3) is 0 Å². The summed E-state index contributed by atoms with van der Waals surface area (Å²) in [6.07, 6.45) is 0. The summed E-state index contributed by atoms with van der Waals surface area (Å²) in [5.74, 6) is 0.500. The highest BCUT2D eigenvalue weighted by molar-refractivity contribution is 7.80. The number of rotatable bonds is 7. The van der Waals surface area contributed by atoms with Crippen LogP contribution in [0.15, 0.2) is 48.5 Å². The van der Waals surface area contributed by atoms with E-state index in [1.807, 2.05) is 50.2 Å². The van der Waals surface area contributed by atoms with Crippen LogP contribution in [-0.2, 0) is 4.74 Å². The number of hydrogen-bond acceptors (Lipinski definition) is 4. The van der Waals surface area contributed by atoms with E-state index in [2.05, 4.69) is 10.6 Å². The molecule has 0 aliphatic heterocycles. The molecule has 5 nitrogen and oxygen atoms in total. The molecule has 26 heavy (non-hydrogen) atoms. The van der Waals surface area contributed by atoms with E-state index in [0.717, 1.165) is 17.0 Å². The van der Waals surface area contributed by atoms with Crippen LogP contribution in [0.25, 0.3) is 0 Å². The molecule has 2 aromatic rings. The minimum atomic E-state index is -0.325. The normalized spacial score (nSPS) is 11.3. The van der Waals surface area contributed by atoms with Gasteiger partial charge in [0, 0.05) is 5.69 Å². The van der Waals surface area contributed by atoms with Crippen LogP contribution in [0.5, 0.6) is 5.75 Å². The number of aryl methyl sites for hydroxylation is 1. The van der Waals surface area contributed by atoms with E-state index >= 15 is 0 Å². The zero-order valence-corrected chi connectivity index (χ0v) is 16.1. The Hall–Kier alpha value is -2.60. The molecule has 0 spiro atoms. The first-order valence-corrected chi connectivity index (χ1v) is 8.93. The summed E-state index contributed by atoms with van der Waals surface area (Å²) in [5, 5.41) is 6.84. The van der Waals surface area contributed by atoms with Gasteiger partial charge in [0.1, 0.15) is 12.4 Å². The zero-order chi connectivity index (χ0) is 18.9. The van der Waals surface area contributed by atoms with Crippen molar-refractivity contribution in [2.75, 3.05) is 18.5 Å². The summed E-state index contributed by atoms with van der Waals surface area (Å²) >= 11 is 5.36. The molecule has 0 fully saturated rings. The summed E-state index contributed by atoms with van der Waals surface area (Å²) in [6, 6.07) is 15.0. The largest absolute Gasteiger partial charge is 0.491 e. The Labute approximate surface area is 159 Å².